The van der Waals surface area contributed by atoms with Crippen molar-refractivity contribution in [1.82, 2.24) is 14.9 Å². The second kappa shape index (κ2) is 17.4. The van der Waals surface area contributed by atoms with Gasteiger partial charge in [-0.3, -0.25) is 0 Å². The highest BCUT2D eigenvalue weighted by Crippen LogP contribution is 2.32. The fourth-order valence-corrected chi connectivity index (χ4v) is 4.09. The maximum Gasteiger partial charge on any atom is 0.212 e. The molecule has 0 aliphatic carbocycles. The van der Waals surface area contributed by atoms with Crippen LogP contribution >= 0.6 is 27.7 Å². The van der Waals surface area contributed by atoms with E-state index in [1.165, 1.54) is 18.9 Å². The first-order valence-corrected chi connectivity index (χ1v) is 14.2. The molecule has 214 valence electrons. The van der Waals surface area contributed by atoms with Gasteiger partial charge in [-0.15, -0.1) is 10.2 Å². The zero-order valence-electron chi connectivity index (χ0n) is 22.1. The zero-order chi connectivity index (χ0) is 28.6. The van der Waals surface area contributed by atoms with Crippen LogP contribution in [0.4, 0.5) is 0 Å². The van der Waals surface area contributed by atoms with Crippen molar-refractivity contribution in [3.8, 4) is 28.6 Å². The molecule has 0 saturated carbocycles. The van der Waals surface area contributed by atoms with E-state index in [1.54, 1.807) is 23.0 Å². The Balaban J connectivity index is 1.47. The van der Waals surface area contributed by atoms with Crippen LogP contribution in [0.25, 0.3) is 21.8 Å². The van der Waals surface area contributed by atoms with Crippen molar-refractivity contribution in [2.24, 2.45) is 10.2 Å². The highest BCUT2D eigenvalue weighted by atomic mass is 79.9. The third kappa shape index (κ3) is 9.70. The average molecular weight is 637 g/mol. The van der Waals surface area contributed by atoms with E-state index in [4.69, 9.17) is 29.2 Å². The van der Waals surface area contributed by atoms with Crippen LogP contribution in [-0.2, 0) is 14.2 Å². The van der Waals surface area contributed by atoms with Crippen LogP contribution in [0.2, 0.25) is 0 Å². The first kappa shape index (κ1) is 31.2. The van der Waals surface area contributed by atoms with Crippen molar-refractivity contribution in [3.05, 3.63) is 56.9 Å². The number of aromatic hydroxyl groups is 1. The Labute approximate surface area is 244 Å². The van der Waals surface area contributed by atoms with Gasteiger partial charge in [0.15, 0.2) is 17.3 Å². The predicted molar refractivity (Wildman–Crippen MR) is 155 cm³/mol. The average Bonchev–Trinajstić information content (AvgIpc) is 3.38. The molecule has 0 aliphatic rings. The zero-order valence-corrected chi connectivity index (χ0v) is 24.5. The van der Waals surface area contributed by atoms with Crippen LogP contribution in [-0.4, -0.2) is 92.4 Å². The third-order valence-electron chi connectivity index (χ3n) is 5.16. The second-order valence-electron chi connectivity index (χ2n) is 7.78. The van der Waals surface area contributed by atoms with Crippen molar-refractivity contribution in [2.45, 2.75) is 5.16 Å². The summed E-state index contributed by atoms with van der Waals surface area (Å²) in [5, 5.41) is 27.1. The van der Waals surface area contributed by atoms with Crippen molar-refractivity contribution in [3.63, 3.8) is 0 Å². The summed E-state index contributed by atoms with van der Waals surface area (Å²) < 4.78 is 29.4. The normalized spacial score (nSPS) is 11.1. The number of nitrogens with zero attached hydrogens (tertiary/aromatic N) is 7. The SMILES string of the molecule is COc1cc(/C=N/n2c(SC)nnc2-c2ccc(OCCOCCOCCOCCN=[N+]=[N-])cc2)c(Br)cc1O. The van der Waals surface area contributed by atoms with Crippen LogP contribution in [0.3, 0.4) is 0 Å². The van der Waals surface area contributed by atoms with E-state index in [-0.39, 0.29) is 5.75 Å². The molecule has 0 aliphatic heterocycles. The molecule has 0 fully saturated rings. The first-order chi connectivity index (χ1) is 19.6. The Kier molecular flexibility index (Phi) is 13.6. The summed E-state index contributed by atoms with van der Waals surface area (Å²) in [6.07, 6.45) is 3.54. The van der Waals surface area contributed by atoms with Gasteiger partial charge in [0.05, 0.1) is 53.0 Å². The lowest BCUT2D eigenvalue weighted by molar-refractivity contribution is 0.0106. The minimum absolute atomic E-state index is 0.0302. The van der Waals surface area contributed by atoms with Crippen molar-refractivity contribution in [2.75, 3.05) is 66.2 Å². The van der Waals surface area contributed by atoms with Gasteiger partial charge in [-0.1, -0.05) is 16.9 Å². The van der Waals surface area contributed by atoms with E-state index < -0.39 is 0 Å². The minimum Gasteiger partial charge on any atom is -0.504 e. The number of hydrogen-bond acceptors (Lipinski definition) is 11. The van der Waals surface area contributed by atoms with Crippen molar-refractivity contribution < 1.29 is 28.8 Å². The van der Waals surface area contributed by atoms with E-state index >= 15 is 0 Å². The van der Waals surface area contributed by atoms with Crippen LogP contribution in [0.1, 0.15) is 5.56 Å². The molecule has 0 spiro atoms. The summed E-state index contributed by atoms with van der Waals surface area (Å²) in [4.78, 5) is 2.65. The quantitative estimate of drug-likeness (QED) is 0.0519. The largest absolute Gasteiger partial charge is 0.504 e. The Morgan fingerprint density at radius 3 is 2.35 bits per heavy atom. The molecule has 40 heavy (non-hydrogen) atoms. The Bertz CT molecular complexity index is 1290. The van der Waals surface area contributed by atoms with E-state index in [9.17, 15) is 5.11 Å². The summed E-state index contributed by atoms with van der Waals surface area (Å²) in [5.74, 6) is 1.64. The molecule has 0 radical (unpaired) electrons. The molecule has 0 saturated heterocycles. The van der Waals surface area contributed by atoms with Crippen LogP contribution < -0.4 is 9.47 Å². The molecular weight excluding hydrogens is 606 g/mol. The van der Waals surface area contributed by atoms with Crippen molar-refractivity contribution >= 4 is 33.9 Å². The van der Waals surface area contributed by atoms with E-state index in [1.807, 2.05) is 30.5 Å². The highest BCUT2D eigenvalue weighted by Gasteiger charge is 2.14. The summed E-state index contributed by atoms with van der Waals surface area (Å²) >= 11 is 4.86. The Morgan fingerprint density at radius 2 is 1.70 bits per heavy atom. The van der Waals surface area contributed by atoms with Gasteiger partial charge in [0.2, 0.25) is 5.16 Å². The molecule has 0 bridgehead atoms. The van der Waals surface area contributed by atoms with Crippen molar-refractivity contribution in [1.29, 1.82) is 0 Å². The molecule has 0 amide bonds. The number of aromatic nitrogens is 3. The topological polar surface area (TPSA) is 158 Å². The van der Waals surface area contributed by atoms with Gasteiger partial charge in [-0.25, -0.2) is 0 Å². The van der Waals surface area contributed by atoms with E-state index in [0.717, 1.165) is 5.56 Å². The van der Waals surface area contributed by atoms with Gasteiger partial charge in [0.1, 0.15) is 12.4 Å². The number of hydrogen-bond donors (Lipinski definition) is 1. The minimum atomic E-state index is 0.0302. The molecule has 3 rings (SSSR count). The lowest BCUT2D eigenvalue weighted by Gasteiger charge is -2.09. The maximum absolute atomic E-state index is 9.96. The van der Waals surface area contributed by atoms with Crippen LogP contribution in [0.5, 0.6) is 17.2 Å². The molecule has 2 aromatic carbocycles. The predicted octanol–water partition coefficient (Wildman–Crippen LogP) is 4.76. The molecule has 1 aromatic heterocycles. The number of methoxy groups -OCH3 is 1. The van der Waals surface area contributed by atoms with Crippen LogP contribution in [0.15, 0.2) is 56.2 Å². The lowest BCUT2D eigenvalue weighted by Crippen LogP contribution is -2.13. The number of phenolic OH excluding ortho intramolecular Hbond substituents is 1. The van der Waals surface area contributed by atoms with Gasteiger partial charge in [0, 0.05) is 27.1 Å². The van der Waals surface area contributed by atoms with Gasteiger partial charge in [-0.05, 0) is 64.1 Å². The Morgan fingerprint density at radius 1 is 1.02 bits per heavy atom. The number of rotatable bonds is 18. The van der Waals surface area contributed by atoms with Gasteiger partial charge in [0.25, 0.3) is 0 Å². The molecule has 3 aromatic rings. The number of phenols is 1. The highest BCUT2D eigenvalue weighted by molar-refractivity contribution is 9.10. The molecule has 13 nitrogen and oxygen atoms in total. The van der Waals surface area contributed by atoms with Crippen LogP contribution in [0, 0.1) is 0 Å². The fraction of sp³-hybridized carbons (Fsp3) is 0.400. The first-order valence-electron chi connectivity index (χ1n) is 12.1. The summed E-state index contributed by atoms with van der Waals surface area (Å²) in [7, 11) is 1.49. The number of benzene rings is 2. The number of thioether (sulfide) groups is 1. The maximum atomic E-state index is 9.96. The summed E-state index contributed by atoms with van der Waals surface area (Å²) in [6, 6.07) is 10.7. The Hall–Kier alpha value is -3.33. The van der Waals surface area contributed by atoms with E-state index in [0.29, 0.717) is 85.3 Å². The molecule has 0 atom stereocenters. The van der Waals surface area contributed by atoms with E-state index in [2.05, 4.69) is 41.3 Å². The second-order valence-corrected chi connectivity index (χ2v) is 9.40. The van der Waals surface area contributed by atoms with Gasteiger partial charge in [-0.2, -0.15) is 9.78 Å². The standard InChI is InChI=1S/C25H30BrN7O6S/c1-35-23-15-19(21(26)16-22(23)34)17-29-33-24(30-31-25(33)40-2)18-3-5-20(6-4-18)39-14-13-38-12-11-37-10-9-36-8-7-28-32-27/h3-6,15-17,34H,7-14H2,1-2H3/b29-17+. The molecule has 15 heteroatoms. The number of ether oxygens (including phenoxy) is 5. The molecule has 1 N–H and O–H groups in total. The number of azide groups is 1. The lowest BCUT2D eigenvalue weighted by atomic mass is 10.2. The smallest absolute Gasteiger partial charge is 0.212 e. The molecular formula is C25H30BrN7O6S. The fourth-order valence-electron chi connectivity index (χ4n) is 3.23. The summed E-state index contributed by atoms with van der Waals surface area (Å²) in [6.45, 7) is 3.29. The molecule has 0 unspecified atom stereocenters. The van der Waals surface area contributed by atoms with Gasteiger partial charge >= 0.3 is 0 Å². The van der Waals surface area contributed by atoms with Gasteiger partial charge < -0.3 is 28.8 Å². The summed E-state index contributed by atoms with van der Waals surface area (Å²) in [5.41, 5.74) is 9.70. The third-order valence-corrected chi connectivity index (χ3v) is 6.46. The number of halogens is 1. The molecule has 1 heterocycles. The monoisotopic (exact) mass is 635 g/mol.